The Balaban J connectivity index is 1.26. The van der Waals surface area contributed by atoms with Crippen LogP contribution < -0.4 is 0 Å². The third kappa shape index (κ3) is 8.26. The molecule has 7 aromatic rings. The molecule has 0 fully saturated rings. The summed E-state index contributed by atoms with van der Waals surface area (Å²) in [7, 11) is 0. The Morgan fingerprint density at radius 1 is 0.788 bits per heavy atom. The number of pyridine rings is 1. The van der Waals surface area contributed by atoms with Gasteiger partial charge < -0.3 is 4.42 Å². The molecule has 2 aromatic heterocycles. The summed E-state index contributed by atoms with van der Waals surface area (Å²) in [5.74, 6) is 8.16. The average molecular weight is 669 g/mol. The minimum atomic E-state index is 0.298. The van der Waals surface area contributed by atoms with Crippen LogP contribution in [0.5, 0.6) is 0 Å². The first-order valence-corrected chi connectivity index (χ1v) is 16.7. The van der Waals surface area contributed by atoms with Gasteiger partial charge in [0.2, 0.25) is 5.89 Å². The number of nitrogens with zero attached hydrogens (tertiary/aromatic N) is 4. The molecule has 0 bridgehead atoms. The first-order chi connectivity index (χ1) is 25.6. The van der Waals surface area contributed by atoms with E-state index in [9.17, 15) is 0 Å². The van der Waals surface area contributed by atoms with Crippen LogP contribution in [0.15, 0.2) is 173 Å². The van der Waals surface area contributed by atoms with E-state index in [0.29, 0.717) is 28.9 Å². The molecular weight excluding hydrogens is 637 g/mol. The molecule has 5 aromatic carbocycles. The highest BCUT2D eigenvalue weighted by molar-refractivity contribution is 6.07. The Bertz CT molecular complexity index is 2470. The van der Waals surface area contributed by atoms with Crippen LogP contribution in [0.2, 0.25) is 0 Å². The van der Waals surface area contributed by atoms with Gasteiger partial charge in [-0.25, -0.2) is 15.0 Å². The number of rotatable bonds is 8. The average Bonchev–Trinajstić information content (AvgIpc) is 3.59. The number of aryl methyl sites for hydroxylation is 1. The summed E-state index contributed by atoms with van der Waals surface area (Å²) >= 11 is 0. The van der Waals surface area contributed by atoms with Gasteiger partial charge in [0, 0.05) is 46.4 Å². The van der Waals surface area contributed by atoms with Gasteiger partial charge in [-0.1, -0.05) is 134 Å². The molecule has 0 aliphatic carbocycles. The normalized spacial score (nSPS) is 11.5. The van der Waals surface area contributed by atoms with Crippen LogP contribution in [0.25, 0.3) is 39.6 Å². The number of amidine groups is 1. The molecule has 0 unspecified atom stereocenters. The summed E-state index contributed by atoms with van der Waals surface area (Å²) in [4.78, 5) is 18.5. The van der Waals surface area contributed by atoms with E-state index < -0.39 is 0 Å². The number of aliphatic imine (C=N–C) groups is 2. The molecule has 0 radical (unpaired) electrons. The summed E-state index contributed by atoms with van der Waals surface area (Å²) in [6, 6.07) is 52.0. The molecule has 0 saturated heterocycles. The molecule has 0 atom stereocenters. The third-order valence-corrected chi connectivity index (χ3v) is 8.10. The Morgan fingerprint density at radius 3 is 2.35 bits per heavy atom. The number of allylic oxidation sites excluding steroid dienone is 1. The standard InChI is InChI=1S/C47H32N4O/c1-34-45(52-47(51-34)35(2)50-46(39-20-10-5-11-21-39)49-32-37-15-6-3-7-16-37)31-43(41-23-13-24-42(30-41)44-25-14-28-48-33-44)27-26-36-17-12-22-40(29-36)38-18-8-4-9-19-38/h3-8,10-18,20-25,28-33H,2H2,1H3/b43-31+,49-32+,50-46-. The van der Waals surface area contributed by atoms with Crippen LogP contribution in [0.1, 0.15) is 39.6 Å². The van der Waals surface area contributed by atoms with Crippen LogP contribution in [0, 0.1) is 30.9 Å². The maximum absolute atomic E-state index is 6.34. The summed E-state index contributed by atoms with van der Waals surface area (Å²) in [5.41, 5.74) is 9.40. The van der Waals surface area contributed by atoms with E-state index in [-0.39, 0.29) is 0 Å². The molecule has 0 aliphatic heterocycles. The third-order valence-electron chi connectivity index (χ3n) is 8.10. The Hall–Kier alpha value is -7.34. The second-order valence-corrected chi connectivity index (χ2v) is 11.8. The maximum atomic E-state index is 6.34. The van der Waals surface area contributed by atoms with E-state index in [0.717, 1.165) is 50.1 Å². The molecule has 52 heavy (non-hydrogen) atoms. The van der Waals surface area contributed by atoms with Crippen molar-refractivity contribution in [1.82, 2.24) is 9.97 Å². The van der Waals surface area contributed by atoms with Crippen molar-refractivity contribution in [3.05, 3.63) is 210 Å². The summed E-state index contributed by atoms with van der Waals surface area (Å²) < 4.78 is 6.34. The van der Waals surface area contributed by atoms with Crippen LogP contribution in [-0.2, 0) is 0 Å². The van der Waals surface area contributed by atoms with E-state index in [2.05, 4.69) is 53.7 Å². The predicted octanol–water partition coefficient (Wildman–Crippen LogP) is 10.4. The molecule has 0 saturated carbocycles. The highest BCUT2D eigenvalue weighted by Gasteiger charge is 2.14. The molecule has 0 N–H and O–H groups in total. The molecule has 5 heteroatoms. The Kier molecular flexibility index (Phi) is 10.2. The SMILES string of the molecule is C=C(/N=C(\N=C\c1ccccc1)c1ccccc1)c1nc(C)c(/C=C(\C#Cc2cccc(-c3c#cccc3)c2)c2cccc(-c3cccnc3)c2)o1. The van der Waals surface area contributed by atoms with Crippen molar-refractivity contribution in [3.8, 4) is 34.1 Å². The van der Waals surface area contributed by atoms with Crippen molar-refractivity contribution in [3.63, 3.8) is 0 Å². The van der Waals surface area contributed by atoms with E-state index in [4.69, 9.17) is 19.4 Å². The van der Waals surface area contributed by atoms with Gasteiger partial charge in [-0.3, -0.25) is 4.98 Å². The molecular formula is C47H32N4O. The van der Waals surface area contributed by atoms with Crippen molar-refractivity contribution in [1.29, 1.82) is 0 Å². The van der Waals surface area contributed by atoms with E-state index in [1.54, 1.807) is 12.4 Å². The number of aromatic nitrogens is 2. The predicted molar refractivity (Wildman–Crippen MR) is 211 cm³/mol. The van der Waals surface area contributed by atoms with Gasteiger partial charge in [-0.05, 0) is 71.7 Å². The smallest absolute Gasteiger partial charge is 0.245 e. The van der Waals surface area contributed by atoms with Crippen molar-refractivity contribution >= 4 is 29.4 Å². The maximum Gasteiger partial charge on any atom is 0.245 e. The quantitative estimate of drug-likeness (QED) is 0.0920. The first kappa shape index (κ1) is 33.2. The molecule has 0 aliphatic rings. The van der Waals surface area contributed by atoms with Crippen molar-refractivity contribution < 1.29 is 4.42 Å². The molecule has 2 heterocycles. The van der Waals surface area contributed by atoms with Crippen molar-refractivity contribution in [2.75, 3.05) is 0 Å². The summed E-state index contributed by atoms with van der Waals surface area (Å²) in [6.45, 7) is 6.11. The highest BCUT2D eigenvalue weighted by atomic mass is 16.4. The van der Waals surface area contributed by atoms with Crippen LogP contribution >= 0.6 is 0 Å². The van der Waals surface area contributed by atoms with E-state index in [1.165, 1.54) is 0 Å². The first-order valence-electron chi connectivity index (χ1n) is 16.7. The lowest BCUT2D eigenvalue weighted by Crippen LogP contribution is -1.99. The second-order valence-electron chi connectivity index (χ2n) is 11.8. The summed E-state index contributed by atoms with van der Waals surface area (Å²) in [5, 5.41) is 0. The van der Waals surface area contributed by atoms with Gasteiger partial charge in [0.1, 0.15) is 5.70 Å². The van der Waals surface area contributed by atoms with Crippen molar-refractivity contribution in [2.45, 2.75) is 6.92 Å². The fourth-order valence-corrected chi connectivity index (χ4v) is 5.42. The lowest BCUT2D eigenvalue weighted by Gasteiger charge is -2.06. The minimum Gasteiger partial charge on any atom is -0.435 e. The van der Waals surface area contributed by atoms with Gasteiger partial charge in [-0.15, -0.1) is 0 Å². The van der Waals surface area contributed by atoms with Gasteiger partial charge in [0.05, 0.1) is 5.69 Å². The fourth-order valence-electron chi connectivity index (χ4n) is 5.42. The van der Waals surface area contributed by atoms with Gasteiger partial charge >= 0.3 is 0 Å². The summed E-state index contributed by atoms with van der Waals surface area (Å²) in [6.07, 6.45) is 7.33. The Morgan fingerprint density at radius 2 is 1.56 bits per heavy atom. The zero-order valence-corrected chi connectivity index (χ0v) is 28.5. The lowest BCUT2D eigenvalue weighted by molar-refractivity contribution is 0.531. The number of hydrogen-bond donors (Lipinski definition) is 0. The molecule has 0 spiro atoms. The molecule has 0 amide bonds. The molecule has 7 rings (SSSR count). The lowest BCUT2D eigenvalue weighted by atomic mass is 9.99. The minimum absolute atomic E-state index is 0.298. The molecule has 246 valence electrons. The van der Waals surface area contributed by atoms with Crippen LogP contribution in [0.4, 0.5) is 0 Å². The van der Waals surface area contributed by atoms with Crippen LogP contribution in [0.3, 0.4) is 0 Å². The van der Waals surface area contributed by atoms with E-state index in [1.807, 2.05) is 141 Å². The molecule has 5 nitrogen and oxygen atoms in total. The number of benzene rings is 4. The monoisotopic (exact) mass is 668 g/mol. The van der Waals surface area contributed by atoms with Crippen molar-refractivity contribution in [2.24, 2.45) is 9.98 Å². The zero-order valence-electron chi connectivity index (χ0n) is 28.5. The number of hydrogen-bond acceptors (Lipinski definition) is 4. The van der Waals surface area contributed by atoms with Gasteiger partial charge in [-0.2, -0.15) is 0 Å². The van der Waals surface area contributed by atoms with Crippen LogP contribution in [-0.4, -0.2) is 22.0 Å². The highest BCUT2D eigenvalue weighted by Crippen LogP contribution is 2.28. The van der Waals surface area contributed by atoms with E-state index >= 15 is 0 Å². The Labute approximate surface area is 304 Å². The number of oxazole rings is 1. The topological polar surface area (TPSA) is 63.6 Å². The van der Waals surface area contributed by atoms with Gasteiger partial charge in [0.25, 0.3) is 0 Å². The van der Waals surface area contributed by atoms with Gasteiger partial charge in [0.15, 0.2) is 11.6 Å². The second kappa shape index (κ2) is 15.9. The fraction of sp³-hybridized carbons (Fsp3) is 0.0213. The largest absolute Gasteiger partial charge is 0.435 e. The zero-order chi connectivity index (χ0) is 35.5.